The third kappa shape index (κ3) is 2.42. The second kappa shape index (κ2) is 4.48. The monoisotopic (exact) mass is 289 g/mol. The van der Waals surface area contributed by atoms with Crippen LogP contribution in [0.2, 0.25) is 0 Å². The number of rotatable bonds is 2. The number of halogens is 3. The molecule has 0 atom stereocenters. The van der Waals surface area contributed by atoms with E-state index in [-0.39, 0.29) is 4.88 Å². The highest BCUT2D eigenvalue weighted by molar-refractivity contribution is 7.14. The normalized spacial score (nSPS) is 11.9. The van der Waals surface area contributed by atoms with Crippen LogP contribution in [0.15, 0.2) is 10.6 Å². The van der Waals surface area contributed by atoms with Crippen molar-refractivity contribution in [1.82, 2.24) is 4.98 Å². The molecule has 2 aromatic rings. The molecule has 7 heteroatoms. The van der Waals surface area contributed by atoms with Gasteiger partial charge in [-0.1, -0.05) is 0 Å². The van der Waals surface area contributed by atoms with Crippen molar-refractivity contribution in [2.24, 2.45) is 0 Å². The fraction of sp³-hybridized carbons (Fsp3) is 0.333. The molecule has 0 N–H and O–H groups in total. The van der Waals surface area contributed by atoms with Crippen LogP contribution >= 0.6 is 11.3 Å². The first kappa shape index (κ1) is 13.8. The van der Waals surface area contributed by atoms with Gasteiger partial charge in [0.25, 0.3) is 0 Å². The van der Waals surface area contributed by atoms with Crippen molar-refractivity contribution in [3.8, 4) is 0 Å². The molecule has 0 bridgehead atoms. The van der Waals surface area contributed by atoms with Crippen molar-refractivity contribution < 1.29 is 22.4 Å². The molecule has 0 aliphatic carbocycles. The third-order valence-corrected chi connectivity index (χ3v) is 3.80. The Hall–Kier alpha value is -1.63. The molecule has 102 valence electrons. The van der Waals surface area contributed by atoms with E-state index in [0.29, 0.717) is 34.0 Å². The molecule has 0 aromatic carbocycles. The highest BCUT2D eigenvalue weighted by Crippen LogP contribution is 2.34. The van der Waals surface area contributed by atoms with Crippen molar-refractivity contribution >= 4 is 17.1 Å². The first-order chi connectivity index (χ1) is 8.71. The third-order valence-electron chi connectivity index (χ3n) is 2.76. The molecule has 0 saturated heterocycles. The highest BCUT2D eigenvalue weighted by atomic mass is 32.1. The topological polar surface area (TPSA) is 43.1 Å². The van der Waals surface area contributed by atoms with Gasteiger partial charge in [0.05, 0.1) is 10.4 Å². The molecule has 3 nitrogen and oxygen atoms in total. The Labute approximate surface area is 111 Å². The summed E-state index contributed by atoms with van der Waals surface area (Å²) in [6, 6.07) is 0. The van der Waals surface area contributed by atoms with Crippen LogP contribution in [-0.2, 0) is 6.18 Å². The number of thiazole rings is 1. The van der Waals surface area contributed by atoms with Crippen LogP contribution in [0.5, 0.6) is 0 Å². The zero-order valence-electron chi connectivity index (χ0n) is 10.4. The molecule has 0 aliphatic rings. The Morgan fingerprint density at radius 2 is 1.89 bits per heavy atom. The molecule has 2 heterocycles. The Morgan fingerprint density at radius 1 is 1.26 bits per heavy atom. The molecule has 0 aliphatic heterocycles. The van der Waals surface area contributed by atoms with Gasteiger partial charge >= 0.3 is 6.18 Å². The molecular weight excluding hydrogens is 279 g/mol. The van der Waals surface area contributed by atoms with E-state index in [0.717, 1.165) is 6.20 Å². The number of carbonyl (C=O) groups is 1. The minimum atomic E-state index is -4.53. The van der Waals surface area contributed by atoms with E-state index in [2.05, 4.69) is 4.98 Å². The number of alkyl halides is 3. The minimum absolute atomic E-state index is 0.0423. The lowest BCUT2D eigenvalue weighted by atomic mass is 10.1. The zero-order valence-corrected chi connectivity index (χ0v) is 11.2. The lowest BCUT2D eigenvalue weighted by molar-refractivity contribution is -0.137. The average Bonchev–Trinajstić information content (AvgIpc) is 2.84. The van der Waals surface area contributed by atoms with Crippen LogP contribution < -0.4 is 0 Å². The van der Waals surface area contributed by atoms with Gasteiger partial charge in [0.15, 0.2) is 5.01 Å². The van der Waals surface area contributed by atoms with Crippen molar-refractivity contribution in [2.45, 2.75) is 26.9 Å². The van der Waals surface area contributed by atoms with Gasteiger partial charge < -0.3 is 4.42 Å². The van der Waals surface area contributed by atoms with Crippen LogP contribution in [0, 0.1) is 20.8 Å². The van der Waals surface area contributed by atoms with E-state index in [4.69, 9.17) is 4.42 Å². The van der Waals surface area contributed by atoms with Crippen LogP contribution in [0.4, 0.5) is 13.2 Å². The molecule has 0 unspecified atom stereocenters. The van der Waals surface area contributed by atoms with Gasteiger partial charge in [0.2, 0.25) is 5.78 Å². The molecule has 0 radical (unpaired) electrons. The van der Waals surface area contributed by atoms with Gasteiger partial charge in [-0.05, 0) is 20.8 Å². The van der Waals surface area contributed by atoms with E-state index in [1.54, 1.807) is 20.8 Å². The fourth-order valence-corrected chi connectivity index (χ4v) is 2.49. The predicted octanol–water partition coefficient (Wildman–Crippen LogP) is 3.91. The van der Waals surface area contributed by atoms with E-state index < -0.39 is 17.0 Å². The van der Waals surface area contributed by atoms with E-state index in [1.807, 2.05) is 0 Å². The van der Waals surface area contributed by atoms with Gasteiger partial charge in [-0.15, -0.1) is 11.3 Å². The van der Waals surface area contributed by atoms with Crippen LogP contribution in [0.25, 0.3) is 0 Å². The van der Waals surface area contributed by atoms with Gasteiger partial charge in [0, 0.05) is 11.8 Å². The predicted molar refractivity (Wildman–Crippen MR) is 63.5 cm³/mol. The maximum absolute atomic E-state index is 12.4. The first-order valence-corrected chi connectivity index (χ1v) is 6.17. The van der Waals surface area contributed by atoms with Crippen LogP contribution in [0.1, 0.15) is 37.3 Å². The number of furan rings is 1. The lowest BCUT2D eigenvalue weighted by Crippen LogP contribution is -2.03. The molecule has 0 spiro atoms. The number of aryl methyl sites for hydroxylation is 2. The molecule has 0 fully saturated rings. The number of hydrogen-bond acceptors (Lipinski definition) is 4. The maximum Gasteiger partial charge on any atom is 0.443 e. The number of nitrogens with zero attached hydrogens (tertiary/aromatic N) is 1. The standard InChI is InChI=1S/C12H10F3NO2S/c1-5-6(2)18-7(3)9(5)10(17)8-4-16-11(19-8)12(13,14)15/h4H,1-3H3. The molecule has 19 heavy (non-hydrogen) atoms. The van der Waals surface area contributed by atoms with Crippen molar-refractivity contribution in [2.75, 3.05) is 0 Å². The zero-order chi connectivity index (χ0) is 14.4. The number of aromatic nitrogens is 1. The molecular formula is C12H10F3NO2S. The molecule has 2 aromatic heterocycles. The summed E-state index contributed by atoms with van der Waals surface area (Å²) in [7, 11) is 0. The van der Waals surface area contributed by atoms with Gasteiger partial charge in [-0.3, -0.25) is 4.79 Å². The van der Waals surface area contributed by atoms with E-state index in [9.17, 15) is 18.0 Å². The molecule has 0 amide bonds. The van der Waals surface area contributed by atoms with Crippen molar-refractivity contribution in [1.29, 1.82) is 0 Å². The SMILES string of the molecule is Cc1oc(C)c(C(=O)c2cnc(C(F)(F)F)s2)c1C. The Kier molecular flexibility index (Phi) is 3.25. The first-order valence-electron chi connectivity index (χ1n) is 5.36. The quantitative estimate of drug-likeness (QED) is 0.787. The maximum atomic E-state index is 12.4. The Morgan fingerprint density at radius 3 is 2.32 bits per heavy atom. The van der Waals surface area contributed by atoms with Gasteiger partial charge in [-0.25, -0.2) is 4.98 Å². The number of hydrogen-bond donors (Lipinski definition) is 0. The van der Waals surface area contributed by atoms with Gasteiger partial charge in [0.1, 0.15) is 11.5 Å². The summed E-state index contributed by atoms with van der Waals surface area (Å²) in [4.78, 5) is 15.4. The summed E-state index contributed by atoms with van der Waals surface area (Å²) >= 11 is 0.342. The summed E-state index contributed by atoms with van der Waals surface area (Å²) in [6.45, 7) is 5.01. The Balaban J connectivity index is 2.42. The van der Waals surface area contributed by atoms with Crippen molar-refractivity contribution in [3.63, 3.8) is 0 Å². The molecule has 0 saturated carbocycles. The fourth-order valence-electron chi connectivity index (χ4n) is 1.76. The van der Waals surface area contributed by atoms with E-state index in [1.165, 1.54) is 0 Å². The summed E-state index contributed by atoms with van der Waals surface area (Å²) < 4.78 is 42.6. The highest BCUT2D eigenvalue weighted by Gasteiger charge is 2.35. The minimum Gasteiger partial charge on any atom is -0.466 e. The largest absolute Gasteiger partial charge is 0.466 e. The Bertz CT molecular complexity index is 640. The van der Waals surface area contributed by atoms with Crippen LogP contribution in [0.3, 0.4) is 0 Å². The number of carbonyl (C=O) groups excluding carboxylic acids is 1. The lowest BCUT2D eigenvalue weighted by Gasteiger charge is -1.99. The molecule has 2 rings (SSSR count). The number of ketones is 1. The smallest absolute Gasteiger partial charge is 0.443 e. The summed E-state index contributed by atoms with van der Waals surface area (Å²) in [5.74, 6) is 0.503. The van der Waals surface area contributed by atoms with Gasteiger partial charge in [-0.2, -0.15) is 13.2 Å². The second-order valence-corrected chi connectivity index (χ2v) is 5.10. The van der Waals surface area contributed by atoms with Crippen LogP contribution in [-0.4, -0.2) is 10.8 Å². The summed E-state index contributed by atoms with van der Waals surface area (Å²) in [6.07, 6.45) is -3.57. The van der Waals surface area contributed by atoms with E-state index >= 15 is 0 Å². The average molecular weight is 289 g/mol. The summed E-state index contributed by atoms with van der Waals surface area (Å²) in [5, 5.41) is -1.02. The van der Waals surface area contributed by atoms with Crippen molar-refractivity contribution in [3.05, 3.63) is 38.7 Å². The second-order valence-electron chi connectivity index (χ2n) is 4.07. The summed E-state index contributed by atoms with van der Waals surface area (Å²) in [5.41, 5.74) is 0.958.